The minimum Gasteiger partial charge on any atom is -0.326 e. The lowest BCUT2D eigenvalue weighted by Gasteiger charge is -2.41. The Morgan fingerprint density at radius 2 is 1.81 bits per heavy atom. The van der Waals surface area contributed by atoms with Crippen LogP contribution in [0.15, 0.2) is 24.3 Å². The van der Waals surface area contributed by atoms with Gasteiger partial charge >= 0.3 is 0 Å². The lowest BCUT2D eigenvalue weighted by Crippen LogP contribution is -2.42. The molecule has 0 aliphatic heterocycles. The molecule has 0 radical (unpaired) electrons. The number of benzene rings is 1. The van der Waals surface area contributed by atoms with Crippen molar-refractivity contribution < 1.29 is 9.59 Å². The zero-order chi connectivity index (χ0) is 15.6. The van der Waals surface area contributed by atoms with Gasteiger partial charge in [-0.15, -0.1) is 0 Å². The van der Waals surface area contributed by atoms with E-state index in [9.17, 15) is 9.59 Å². The molecule has 21 heavy (non-hydrogen) atoms. The number of amides is 1. The van der Waals surface area contributed by atoms with E-state index in [1.54, 1.807) is 31.2 Å². The van der Waals surface area contributed by atoms with Gasteiger partial charge in [0.05, 0.1) is 0 Å². The van der Waals surface area contributed by atoms with E-state index in [1.807, 2.05) is 0 Å². The number of ketones is 1. The average molecular weight is 287 g/mol. The summed E-state index contributed by atoms with van der Waals surface area (Å²) in [6.45, 7) is 8.08. The molecular formula is C18H25NO2. The molecule has 0 saturated heterocycles. The number of Topliss-reactive ketones (excluding diaryl/α,β-unsaturated/α-hetero) is 1. The molecule has 1 saturated carbocycles. The molecule has 3 heteroatoms. The van der Waals surface area contributed by atoms with Gasteiger partial charge in [-0.2, -0.15) is 0 Å². The van der Waals surface area contributed by atoms with E-state index in [0.717, 1.165) is 18.5 Å². The maximum Gasteiger partial charge on any atom is 0.228 e. The Balaban J connectivity index is 2.11. The molecule has 1 N–H and O–H groups in total. The highest BCUT2D eigenvalue weighted by Gasteiger charge is 2.41. The van der Waals surface area contributed by atoms with E-state index in [1.165, 1.54) is 6.42 Å². The third-order valence-corrected chi connectivity index (χ3v) is 4.73. The quantitative estimate of drug-likeness (QED) is 0.843. The first-order valence-electron chi connectivity index (χ1n) is 7.73. The predicted molar refractivity (Wildman–Crippen MR) is 85.4 cm³/mol. The average Bonchev–Trinajstić information content (AvgIpc) is 2.37. The van der Waals surface area contributed by atoms with E-state index in [2.05, 4.69) is 26.1 Å². The van der Waals surface area contributed by atoms with E-state index in [-0.39, 0.29) is 23.0 Å². The summed E-state index contributed by atoms with van der Waals surface area (Å²) in [7, 11) is 0. The Bertz CT molecular complexity index is 531. The van der Waals surface area contributed by atoms with Gasteiger partial charge in [0.1, 0.15) is 0 Å². The topological polar surface area (TPSA) is 46.2 Å². The summed E-state index contributed by atoms with van der Waals surface area (Å²) in [4.78, 5) is 23.9. The summed E-state index contributed by atoms with van der Waals surface area (Å²) in [6.07, 6.45) is 3.41. The molecule has 1 aromatic rings. The summed E-state index contributed by atoms with van der Waals surface area (Å²) in [5.41, 5.74) is 1.47. The van der Waals surface area contributed by atoms with Crippen molar-refractivity contribution in [3.63, 3.8) is 0 Å². The van der Waals surface area contributed by atoms with Gasteiger partial charge in [0.2, 0.25) is 5.91 Å². The Morgan fingerprint density at radius 3 is 2.33 bits per heavy atom. The van der Waals surface area contributed by atoms with Crippen LogP contribution in [-0.2, 0) is 4.79 Å². The van der Waals surface area contributed by atoms with Crippen molar-refractivity contribution in [1.82, 2.24) is 0 Å². The molecule has 3 nitrogen and oxygen atoms in total. The van der Waals surface area contributed by atoms with Gasteiger partial charge in [-0.1, -0.05) is 27.2 Å². The Hall–Kier alpha value is -1.64. The van der Waals surface area contributed by atoms with Crippen LogP contribution in [0.4, 0.5) is 5.69 Å². The van der Waals surface area contributed by atoms with Crippen molar-refractivity contribution in [3.05, 3.63) is 29.8 Å². The fraction of sp³-hybridized carbons (Fsp3) is 0.556. The predicted octanol–water partition coefficient (Wildman–Crippen LogP) is 4.29. The molecule has 2 unspecified atom stereocenters. The molecule has 114 valence electrons. The van der Waals surface area contributed by atoms with Crippen molar-refractivity contribution in [2.24, 2.45) is 17.3 Å². The zero-order valence-corrected chi connectivity index (χ0v) is 13.4. The van der Waals surface area contributed by atoms with Crippen LogP contribution < -0.4 is 5.32 Å². The van der Waals surface area contributed by atoms with E-state index in [0.29, 0.717) is 11.5 Å². The lowest BCUT2D eigenvalue weighted by molar-refractivity contribution is -0.127. The molecule has 1 aromatic carbocycles. The third kappa shape index (κ3) is 3.52. The van der Waals surface area contributed by atoms with Gasteiger partial charge in [0.25, 0.3) is 0 Å². The molecule has 1 aliphatic rings. The van der Waals surface area contributed by atoms with Crippen LogP contribution in [0.2, 0.25) is 0 Å². The van der Waals surface area contributed by atoms with Gasteiger partial charge in [-0.3, -0.25) is 9.59 Å². The van der Waals surface area contributed by atoms with Crippen LogP contribution in [0.3, 0.4) is 0 Å². The summed E-state index contributed by atoms with van der Waals surface area (Å²) in [5.74, 6) is 0.585. The van der Waals surface area contributed by atoms with Crippen LogP contribution in [-0.4, -0.2) is 11.7 Å². The first kappa shape index (κ1) is 15.7. The second-order valence-electron chi connectivity index (χ2n) is 6.96. The lowest BCUT2D eigenvalue weighted by atomic mass is 9.64. The summed E-state index contributed by atoms with van der Waals surface area (Å²) in [5, 5.41) is 3.01. The van der Waals surface area contributed by atoms with Gasteiger partial charge < -0.3 is 5.32 Å². The SMILES string of the molecule is CC(=O)c1ccc(NC(=O)C2C(C)CCCC2(C)C)cc1. The molecular weight excluding hydrogens is 262 g/mol. The molecule has 1 fully saturated rings. The molecule has 0 spiro atoms. The molecule has 0 heterocycles. The van der Waals surface area contributed by atoms with Crippen LogP contribution in [0.5, 0.6) is 0 Å². The van der Waals surface area contributed by atoms with Crippen LogP contribution in [0, 0.1) is 17.3 Å². The van der Waals surface area contributed by atoms with Gasteiger partial charge in [-0.05, 0) is 55.4 Å². The summed E-state index contributed by atoms with van der Waals surface area (Å²) in [6, 6.07) is 7.12. The normalized spacial score (nSPS) is 24.4. The summed E-state index contributed by atoms with van der Waals surface area (Å²) >= 11 is 0. The number of hydrogen-bond acceptors (Lipinski definition) is 2. The highest BCUT2D eigenvalue weighted by molar-refractivity contribution is 5.96. The third-order valence-electron chi connectivity index (χ3n) is 4.73. The van der Waals surface area contributed by atoms with Gasteiger partial charge in [0, 0.05) is 17.2 Å². The number of rotatable bonds is 3. The second-order valence-corrected chi connectivity index (χ2v) is 6.96. The number of nitrogens with one attached hydrogen (secondary N) is 1. The van der Waals surface area contributed by atoms with Gasteiger partial charge in [-0.25, -0.2) is 0 Å². The van der Waals surface area contributed by atoms with Crippen LogP contribution in [0.25, 0.3) is 0 Å². The molecule has 0 aromatic heterocycles. The van der Waals surface area contributed by atoms with Crippen LogP contribution in [0.1, 0.15) is 57.3 Å². The van der Waals surface area contributed by atoms with E-state index >= 15 is 0 Å². The molecule has 1 aliphatic carbocycles. The highest BCUT2D eigenvalue weighted by Crippen LogP contribution is 2.44. The number of anilines is 1. The van der Waals surface area contributed by atoms with Crippen molar-refractivity contribution >= 4 is 17.4 Å². The first-order chi connectivity index (χ1) is 9.81. The fourth-order valence-electron chi connectivity index (χ4n) is 3.59. The van der Waals surface area contributed by atoms with Gasteiger partial charge in [0.15, 0.2) is 5.78 Å². The Morgan fingerprint density at radius 1 is 1.19 bits per heavy atom. The number of hydrogen-bond donors (Lipinski definition) is 1. The molecule has 1 amide bonds. The number of carbonyl (C=O) groups is 2. The standard InChI is InChI=1S/C18H25NO2/c1-12-6-5-11-18(3,4)16(12)17(21)19-15-9-7-14(8-10-15)13(2)20/h7-10,12,16H,5-6,11H2,1-4H3,(H,19,21). The Kier molecular flexibility index (Phi) is 4.50. The molecule has 0 bridgehead atoms. The maximum absolute atomic E-state index is 12.6. The highest BCUT2D eigenvalue weighted by atomic mass is 16.2. The smallest absolute Gasteiger partial charge is 0.228 e. The van der Waals surface area contributed by atoms with Crippen molar-refractivity contribution in [2.45, 2.75) is 47.0 Å². The van der Waals surface area contributed by atoms with Crippen molar-refractivity contribution in [2.75, 3.05) is 5.32 Å². The van der Waals surface area contributed by atoms with E-state index in [4.69, 9.17) is 0 Å². The molecule has 2 rings (SSSR count). The Labute approximate surface area is 127 Å². The minimum atomic E-state index is 0.0370. The zero-order valence-electron chi connectivity index (χ0n) is 13.4. The minimum absolute atomic E-state index is 0.0370. The maximum atomic E-state index is 12.6. The van der Waals surface area contributed by atoms with Crippen LogP contribution >= 0.6 is 0 Å². The summed E-state index contributed by atoms with van der Waals surface area (Å²) < 4.78 is 0. The largest absolute Gasteiger partial charge is 0.326 e. The monoisotopic (exact) mass is 287 g/mol. The number of carbonyl (C=O) groups excluding carboxylic acids is 2. The van der Waals surface area contributed by atoms with Crippen molar-refractivity contribution in [3.8, 4) is 0 Å². The first-order valence-corrected chi connectivity index (χ1v) is 7.73. The van der Waals surface area contributed by atoms with Crippen molar-refractivity contribution in [1.29, 1.82) is 0 Å². The van der Waals surface area contributed by atoms with E-state index < -0.39 is 0 Å². The second kappa shape index (κ2) is 6.00. The fourth-order valence-corrected chi connectivity index (χ4v) is 3.59. The molecule has 2 atom stereocenters.